The third-order valence-corrected chi connectivity index (χ3v) is 11.2. The van der Waals surface area contributed by atoms with Gasteiger partial charge in [-0.15, -0.1) is 0 Å². The Hall–Kier alpha value is -7.42. The van der Waals surface area contributed by atoms with E-state index in [0.717, 1.165) is 44.4 Å². The highest BCUT2D eigenvalue weighted by molar-refractivity contribution is 6.19. The standard InChI is InChI=1S/C54H35NO/c1-2-10-36(11-3-1)41-14-8-15-42(34-41)37-22-28-45(29-23-37)55(51-18-9-19-52-53(51)50-33-26-40-13-5-7-17-49(40)54(50)56-52)46-30-24-38(25-31-46)43-27-32-48-44(35-43)21-20-39-12-4-6-16-47(39)48/h1-35H. The first-order valence-electron chi connectivity index (χ1n) is 19.2. The van der Waals surface area contributed by atoms with Gasteiger partial charge in [-0.05, 0) is 115 Å². The predicted molar refractivity (Wildman–Crippen MR) is 237 cm³/mol. The number of nitrogens with zero attached hydrogens (tertiary/aromatic N) is 1. The highest BCUT2D eigenvalue weighted by Crippen LogP contribution is 2.45. The SMILES string of the molecule is c1ccc(-c2cccc(-c3ccc(N(c4ccc(-c5ccc6c(ccc7ccccc76)c5)cc4)c4cccc5oc6c7ccccc7ccc6c45)cc3)c2)cc1. The van der Waals surface area contributed by atoms with E-state index in [4.69, 9.17) is 4.42 Å². The molecule has 2 nitrogen and oxygen atoms in total. The summed E-state index contributed by atoms with van der Waals surface area (Å²) in [6.45, 7) is 0. The number of furan rings is 1. The van der Waals surface area contributed by atoms with Crippen LogP contribution in [0.4, 0.5) is 17.1 Å². The van der Waals surface area contributed by atoms with Crippen molar-refractivity contribution in [2.75, 3.05) is 4.90 Å². The van der Waals surface area contributed by atoms with Gasteiger partial charge in [-0.2, -0.15) is 0 Å². The van der Waals surface area contributed by atoms with Gasteiger partial charge in [-0.25, -0.2) is 0 Å². The summed E-state index contributed by atoms with van der Waals surface area (Å²) in [5.41, 5.74) is 12.1. The Morgan fingerprint density at radius 2 is 0.804 bits per heavy atom. The number of rotatable bonds is 6. The van der Waals surface area contributed by atoms with Gasteiger partial charge in [0.25, 0.3) is 0 Å². The molecule has 0 bridgehead atoms. The Kier molecular flexibility index (Phi) is 7.53. The molecule has 0 N–H and O–H groups in total. The summed E-state index contributed by atoms with van der Waals surface area (Å²) in [6.07, 6.45) is 0. The number of fused-ring (bicyclic) bond motifs is 8. The van der Waals surface area contributed by atoms with Gasteiger partial charge in [0.05, 0.1) is 11.1 Å². The lowest BCUT2D eigenvalue weighted by molar-refractivity contribution is 0.672. The molecule has 0 saturated heterocycles. The molecule has 262 valence electrons. The molecule has 0 amide bonds. The van der Waals surface area contributed by atoms with Crippen molar-refractivity contribution in [3.63, 3.8) is 0 Å². The van der Waals surface area contributed by atoms with Crippen LogP contribution in [0.25, 0.3) is 87.6 Å². The summed E-state index contributed by atoms with van der Waals surface area (Å²) in [5.74, 6) is 0. The Balaban J connectivity index is 1.04. The molecule has 2 heteroatoms. The quantitative estimate of drug-likeness (QED) is 0.160. The average Bonchev–Trinajstić information content (AvgIpc) is 3.67. The van der Waals surface area contributed by atoms with Crippen LogP contribution in [0.15, 0.2) is 217 Å². The predicted octanol–water partition coefficient (Wildman–Crippen LogP) is 15.5. The Labute approximate surface area is 325 Å². The van der Waals surface area contributed by atoms with E-state index in [2.05, 4.69) is 217 Å². The summed E-state index contributed by atoms with van der Waals surface area (Å²) in [7, 11) is 0. The monoisotopic (exact) mass is 713 g/mol. The zero-order valence-corrected chi connectivity index (χ0v) is 30.6. The third-order valence-electron chi connectivity index (χ3n) is 11.2. The van der Waals surface area contributed by atoms with E-state index in [1.54, 1.807) is 0 Å². The Morgan fingerprint density at radius 1 is 0.304 bits per heavy atom. The smallest absolute Gasteiger partial charge is 0.143 e. The molecular formula is C54H35NO. The fourth-order valence-corrected chi connectivity index (χ4v) is 8.46. The Bertz CT molecular complexity index is 3230. The first-order chi connectivity index (χ1) is 27.7. The second-order valence-electron chi connectivity index (χ2n) is 14.5. The average molecular weight is 714 g/mol. The molecule has 11 rings (SSSR count). The fourth-order valence-electron chi connectivity index (χ4n) is 8.46. The number of hydrogen-bond acceptors (Lipinski definition) is 2. The molecule has 0 aliphatic heterocycles. The van der Waals surface area contributed by atoms with Gasteiger partial charge in [0.1, 0.15) is 11.2 Å². The van der Waals surface area contributed by atoms with Crippen LogP contribution in [-0.4, -0.2) is 0 Å². The van der Waals surface area contributed by atoms with Gasteiger partial charge in [0.2, 0.25) is 0 Å². The third kappa shape index (κ3) is 5.42. The van der Waals surface area contributed by atoms with Crippen molar-refractivity contribution in [3.8, 4) is 33.4 Å². The van der Waals surface area contributed by atoms with E-state index in [1.807, 2.05) is 0 Å². The minimum Gasteiger partial charge on any atom is -0.455 e. The summed E-state index contributed by atoms with van der Waals surface area (Å²) in [6, 6.07) is 76.4. The van der Waals surface area contributed by atoms with Crippen LogP contribution in [0.2, 0.25) is 0 Å². The van der Waals surface area contributed by atoms with E-state index in [1.165, 1.54) is 60.3 Å². The van der Waals surface area contributed by atoms with Crippen molar-refractivity contribution in [2.45, 2.75) is 0 Å². The van der Waals surface area contributed by atoms with E-state index in [-0.39, 0.29) is 0 Å². The molecule has 1 aromatic heterocycles. The molecule has 11 aromatic rings. The molecular weight excluding hydrogens is 679 g/mol. The molecule has 0 spiro atoms. The second kappa shape index (κ2) is 13.2. The fraction of sp³-hybridized carbons (Fsp3) is 0. The van der Waals surface area contributed by atoms with Crippen molar-refractivity contribution in [2.24, 2.45) is 0 Å². The van der Waals surface area contributed by atoms with Crippen LogP contribution in [-0.2, 0) is 0 Å². The molecule has 10 aromatic carbocycles. The summed E-state index contributed by atoms with van der Waals surface area (Å²) < 4.78 is 6.67. The lowest BCUT2D eigenvalue weighted by Crippen LogP contribution is -2.10. The number of anilines is 3. The topological polar surface area (TPSA) is 16.4 Å². The molecule has 0 radical (unpaired) electrons. The van der Waals surface area contributed by atoms with E-state index in [9.17, 15) is 0 Å². The van der Waals surface area contributed by atoms with Gasteiger partial charge >= 0.3 is 0 Å². The van der Waals surface area contributed by atoms with Crippen LogP contribution in [0.1, 0.15) is 0 Å². The lowest BCUT2D eigenvalue weighted by Gasteiger charge is -2.26. The first-order valence-corrected chi connectivity index (χ1v) is 19.2. The molecule has 56 heavy (non-hydrogen) atoms. The largest absolute Gasteiger partial charge is 0.455 e. The van der Waals surface area contributed by atoms with Crippen LogP contribution in [0.3, 0.4) is 0 Å². The highest BCUT2D eigenvalue weighted by Gasteiger charge is 2.21. The summed E-state index contributed by atoms with van der Waals surface area (Å²) in [5, 5.41) is 9.56. The van der Waals surface area contributed by atoms with Gasteiger partial charge in [0, 0.05) is 22.1 Å². The zero-order chi connectivity index (χ0) is 37.0. The maximum absolute atomic E-state index is 6.67. The summed E-state index contributed by atoms with van der Waals surface area (Å²) >= 11 is 0. The maximum atomic E-state index is 6.67. The molecule has 0 aliphatic rings. The normalized spacial score (nSPS) is 11.6. The van der Waals surface area contributed by atoms with Crippen LogP contribution < -0.4 is 4.90 Å². The van der Waals surface area contributed by atoms with E-state index >= 15 is 0 Å². The Morgan fingerprint density at radius 3 is 1.54 bits per heavy atom. The highest BCUT2D eigenvalue weighted by atomic mass is 16.3. The molecule has 1 heterocycles. The number of hydrogen-bond donors (Lipinski definition) is 0. The number of benzene rings is 10. The van der Waals surface area contributed by atoms with Gasteiger partial charge < -0.3 is 9.32 Å². The van der Waals surface area contributed by atoms with Crippen molar-refractivity contribution in [1.82, 2.24) is 0 Å². The lowest BCUT2D eigenvalue weighted by atomic mass is 9.97. The first kappa shape index (κ1) is 32.0. The molecule has 0 aliphatic carbocycles. The summed E-state index contributed by atoms with van der Waals surface area (Å²) in [4.78, 5) is 2.37. The molecule has 0 unspecified atom stereocenters. The van der Waals surface area contributed by atoms with Crippen molar-refractivity contribution >= 4 is 71.3 Å². The van der Waals surface area contributed by atoms with Crippen molar-refractivity contribution < 1.29 is 4.42 Å². The van der Waals surface area contributed by atoms with E-state index in [0.29, 0.717) is 0 Å². The maximum Gasteiger partial charge on any atom is 0.143 e. The van der Waals surface area contributed by atoms with Gasteiger partial charge in [-0.3, -0.25) is 0 Å². The van der Waals surface area contributed by atoms with Crippen molar-refractivity contribution in [3.05, 3.63) is 212 Å². The van der Waals surface area contributed by atoms with Crippen LogP contribution >= 0.6 is 0 Å². The van der Waals surface area contributed by atoms with Crippen molar-refractivity contribution in [1.29, 1.82) is 0 Å². The van der Waals surface area contributed by atoms with Crippen LogP contribution in [0.5, 0.6) is 0 Å². The molecule has 0 saturated carbocycles. The zero-order valence-electron chi connectivity index (χ0n) is 30.6. The van der Waals surface area contributed by atoms with Crippen LogP contribution in [0, 0.1) is 0 Å². The van der Waals surface area contributed by atoms with E-state index < -0.39 is 0 Å². The van der Waals surface area contributed by atoms with Gasteiger partial charge in [-0.1, -0.05) is 158 Å². The molecule has 0 fully saturated rings. The van der Waals surface area contributed by atoms with Gasteiger partial charge in [0.15, 0.2) is 0 Å². The molecule has 0 atom stereocenters. The second-order valence-corrected chi connectivity index (χ2v) is 14.5. The minimum atomic E-state index is 0.869. The minimum absolute atomic E-state index is 0.869.